The third-order valence-electron chi connectivity index (χ3n) is 3.68. The van der Waals surface area contributed by atoms with Crippen molar-refractivity contribution >= 4 is 0 Å². The number of hydrogen-bond acceptors (Lipinski definition) is 0. The van der Waals surface area contributed by atoms with Crippen LogP contribution in [0.5, 0.6) is 0 Å². The SMILES string of the molecule is c1ccc(C[NH2+]C2CCCCCCC2)cc1. The van der Waals surface area contributed by atoms with E-state index in [1.54, 1.807) is 0 Å². The molecule has 0 spiro atoms. The number of quaternary nitrogens is 1. The predicted octanol–water partition coefficient (Wildman–Crippen LogP) is 2.86. The van der Waals surface area contributed by atoms with Gasteiger partial charge in [0.2, 0.25) is 0 Å². The van der Waals surface area contributed by atoms with E-state index in [2.05, 4.69) is 35.6 Å². The lowest BCUT2D eigenvalue weighted by Gasteiger charge is -2.18. The first kappa shape index (κ1) is 11.7. The number of nitrogens with two attached hydrogens (primary N) is 1. The highest BCUT2D eigenvalue weighted by Crippen LogP contribution is 2.15. The van der Waals surface area contributed by atoms with Gasteiger partial charge in [-0.3, -0.25) is 0 Å². The summed E-state index contributed by atoms with van der Waals surface area (Å²) in [5.74, 6) is 0. The number of rotatable bonds is 3. The number of hydrogen-bond donors (Lipinski definition) is 1. The van der Waals surface area contributed by atoms with Gasteiger partial charge in [0, 0.05) is 5.56 Å². The Morgan fingerprint density at radius 3 is 2.19 bits per heavy atom. The highest BCUT2D eigenvalue weighted by atomic mass is 14.9. The molecule has 2 rings (SSSR count). The fourth-order valence-corrected chi connectivity index (χ4v) is 2.64. The Morgan fingerprint density at radius 2 is 1.50 bits per heavy atom. The van der Waals surface area contributed by atoms with E-state index in [1.165, 1.54) is 50.5 Å². The monoisotopic (exact) mass is 218 g/mol. The Hall–Kier alpha value is -0.820. The zero-order valence-electron chi connectivity index (χ0n) is 10.2. The smallest absolute Gasteiger partial charge is 0.101 e. The van der Waals surface area contributed by atoms with E-state index in [4.69, 9.17) is 0 Å². The van der Waals surface area contributed by atoms with Crippen molar-refractivity contribution in [3.8, 4) is 0 Å². The molecule has 0 unspecified atom stereocenters. The summed E-state index contributed by atoms with van der Waals surface area (Å²) in [6.45, 7) is 1.16. The fraction of sp³-hybridized carbons (Fsp3) is 0.600. The minimum Gasteiger partial charge on any atom is -0.340 e. The molecule has 2 N–H and O–H groups in total. The minimum absolute atomic E-state index is 0.875. The Balaban J connectivity index is 1.75. The van der Waals surface area contributed by atoms with Crippen LogP contribution in [0.25, 0.3) is 0 Å². The van der Waals surface area contributed by atoms with Crippen LogP contribution < -0.4 is 5.32 Å². The van der Waals surface area contributed by atoms with E-state index in [9.17, 15) is 0 Å². The van der Waals surface area contributed by atoms with Gasteiger partial charge in [-0.05, 0) is 25.7 Å². The van der Waals surface area contributed by atoms with Crippen LogP contribution in [0.3, 0.4) is 0 Å². The van der Waals surface area contributed by atoms with Gasteiger partial charge < -0.3 is 5.32 Å². The van der Waals surface area contributed by atoms with Gasteiger partial charge in [-0.1, -0.05) is 49.6 Å². The largest absolute Gasteiger partial charge is 0.340 e. The summed E-state index contributed by atoms with van der Waals surface area (Å²) in [5, 5.41) is 2.56. The van der Waals surface area contributed by atoms with Crippen molar-refractivity contribution in [3.05, 3.63) is 35.9 Å². The van der Waals surface area contributed by atoms with Crippen molar-refractivity contribution in [1.29, 1.82) is 0 Å². The normalized spacial score (nSPS) is 19.0. The molecule has 1 heteroatoms. The molecule has 0 aliphatic heterocycles. The molecule has 1 aromatic carbocycles. The molecule has 1 saturated carbocycles. The summed E-state index contributed by atoms with van der Waals surface area (Å²) in [5.41, 5.74) is 1.46. The summed E-state index contributed by atoms with van der Waals surface area (Å²) < 4.78 is 0. The molecule has 0 radical (unpaired) electrons. The lowest BCUT2D eigenvalue weighted by atomic mass is 9.96. The highest BCUT2D eigenvalue weighted by molar-refractivity contribution is 5.12. The fourth-order valence-electron chi connectivity index (χ4n) is 2.64. The first-order valence-corrected chi connectivity index (χ1v) is 6.82. The molecule has 0 atom stereocenters. The standard InChI is InChI=1S/C15H23N/c1-2-7-11-15(12-8-3-1)16-13-14-9-5-4-6-10-14/h4-6,9-10,15-16H,1-3,7-8,11-13H2/p+1. The lowest BCUT2D eigenvalue weighted by molar-refractivity contribution is -0.706. The first-order chi connectivity index (χ1) is 7.95. The van der Waals surface area contributed by atoms with Crippen molar-refractivity contribution in [2.24, 2.45) is 0 Å². The summed E-state index contributed by atoms with van der Waals surface area (Å²) in [4.78, 5) is 0. The Labute approximate surface area is 99.3 Å². The van der Waals surface area contributed by atoms with Gasteiger partial charge in [0.25, 0.3) is 0 Å². The van der Waals surface area contributed by atoms with Gasteiger partial charge in [0.1, 0.15) is 6.54 Å². The van der Waals surface area contributed by atoms with Crippen molar-refractivity contribution in [2.75, 3.05) is 0 Å². The van der Waals surface area contributed by atoms with E-state index in [0.717, 1.165) is 12.6 Å². The van der Waals surface area contributed by atoms with Gasteiger partial charge in [-0.15, -0.1) is 0 Å². The van der Waals surface area contributed by atoms with Gasteiger partial charge >= 0.3 is 0 Å². The third kappa shape index (κ3) is 3.97. The Morgan fingerprint density at radius 1 is 0.875 bits per heavy atom. The molecule has 1 aliphatic carbocycles. The molecular weight excluding hydrogens is 194 g/mol. The summed E-state index contributed by atoms with van der Waals surface area (Å²) in [7, 11) is 0. The summed E-state index contributed by atoms with van der Waals surface area (Å²) in [6.07, 6.45) is 10.1. The van der Waals surface area contributed by atoms with Crippen LogP contribution in [0.15, 0.2) is 30.3 Å². The topological polar surface area (TPSA) is 16.6 Å². The summed E-state index contributed by atoms with van der Waals surface area (Å²) in [6, 6.07) is 11.7. The quantitative estimate of drug-likeness (QED) is 0.803. The van der Waals surface area contributed by atoms with Crippen molar-refractivity contribution in [1.82, 2.24) is 0 Å². The van der Waals surface area contributed by atoms with E-state index < -0.39 is 0 Å². The Kier molecular flexibility index (Phi) is 4.88. The second kappa shape index (κ2) is 6.70. The maximum absolute atomic E-state index is 2.56. The maximum Gasteiger partial charge on any atom is 0.101 e. The molecular formula is C15H24N+. The molecule has 0 aromatic heterocycles. The van der Waals surface area contributed by atoms with Crippen LogP contribution in [-0.2, 0) is 6.54 Å². The number of benzene rings is 1. The van der Waals surface area contributed by atoms with Crippen molar-refractivity contribution in [3.63, 3.8) is 0 Å². The molecule has 0 amide bonds. The van der Waals surface area contributed by atoms with Crippen LogP contribution in [0.2, 0.25) is 0 Å². The predicted molar refractivity (Wildman–Crippen MR) is 68.2 cm³/mol. The van der Waals surface area contributed by atoms with E-state index >= 15 is 0 Å². The van der Waals surface area contributed by atoms with Crippen LogP contribution in [0, 0.1) is 0 Å². The van der Waals surface area contributed by atoms with Gasteiger partial charge in [-0.2, -0.15) is 0 Å². The molecule has 0 saturated heterocycles. The zero-order valence-corrected chi connectivity index (χ0v) is 10.2. The summed E-state index contributed by atoms with van der Waals surface area (Å²) >= 11 is 0. The molecule has 0 bridgehead atoms. The van der Waals surface area contributed by atoms with E-state index in [1.807, 2.05) is 0 Å². The molecule has 1 fully saturated rings. The lowest BCUT2D eigenvalue weighted by Crippen LogP contribution is -2.88. The maximum atomic E-state index is 2.56. The average molecular weight is 218 g/mol. The molecule has 1 aromatic rings. The Bertz CT molecular complexity index is 273. The molecule has 1 nitrogen and oxygen atoms in total. The van der Waals surface area contributed by atoms with Gasteiger partial charge in [0.15, 0.2) is 0 Å². The minimum atomic E-state index is 0.875. The van der Waals surface area contributed by atoms with Crippen LogP contribution >= 0.6 is 0 Å². The third-order valence-corrected chi connectivity index (χ3v) is 3.68. The van der Waals surface area contributed by atoms with Crippen LogP contribution in [0.1, 0.15) is 50.5 Å². The second-order valence-electron chi connectivity index (χ2n) is 5.03. The van der Waals surface area contributed by atoms with Crippen LogP contribution in [-0.4, -0.2) is 6.04 Å². The molecule has 0 heterocycles. The molecule has 88 valence electrons. The van der Waals surface area contributed by atoms with Crippen LogP contribution in [0.4, 0.5) is 0 Å². The van der Waals surface area contributed by atoms with Gasteiger partial charge in [-0.25, -0.2) is 0 Å². The highest BCUT2D eigenvalue weighted by Gasteiger charge is 2.13. The first-order valence-electron chi connectivity index (χ1n) is 6.82. The van der Waals surface area contributed by atoms with E-state index in [-0.39, 0.29) is 0 Å². The molecule has 1 aliphatic rings. The zero-order chi connectivity index (χ0) is 11.1. The average Bonchev–Trinajstić information content (AvgIpc) is 2.29. The second-order valence-corrected chi connectivity index (χ2v) is 5.03. The van der Waals surface area contributed by atoms with Crippen molar-refractivity contribution < 1.29 is 5.32 Å². The van der Waals surface area contributed by atoms with Crippen molar-refractivity contribution in [2.45, 2.75) is 57.5 Å². The molecule has 16 heavy (non-hydrogen) atoms. The van der Waals surface area contributed by atoms with E-state index in [0.29, 0.717) is 0 Å². The van der Waals surface area contributed by atoms with Gasteiger partial charge in [0.05, 0.1) is 6.04 Å².